The first-order valence-corrected chi connectivity index (χ1v) is 6.49. The van der Waals surface area contributed by atoms with Crippen molar-refractivity contribution in [1.29, 1.82) is 0 Å². The highest BCUT2D eigenvalue weighted by Gasteiger charge is 2.32. The lowest BCUT2D eigenvalue weighted by molar-refractivity contribution is -0.138. The summed E-state index contributed by atoms with van der Waals surface area (Å²) in [6.45, 7) is 3.81. The van der Waals surface area contributed by atoms with E-state index < -0.39 is 11.7 Å². The summed E-state index contributed by atoms with van der Waals surface area (Å²) in [5.74, 6) is -0.219. The van der Waals surface area contributed by atoms with Crippen LogP contribution in [-0.2, 0) is 17.5 Å². The third-order valence-electron chi connectivity index (χ3n) is 2.94. The fourth-order valence-corrected chi connectivity index (χ4v) is 1.69. The molecule has 0 aliphatic carbocycles. The van der Waals surface area contributed by atoms with Crippen LogP contribution in [-0.4, -0.2) is 18.5 Å². The molecule has 2 N–H and O–H groups in total. The third-order valence-corrected chi connectivity index (χ3v) is 2.94. The van der Waals surface area contributed by atoms with E-state index in [1.807, 2.05) is 13.8 Å². The topological polar surface area (TPSA) is 41.1 Å². The van der Waals surface area contributed by atoms with E-state index in [0.717, 1.165) is 12.5 Å². The molecule has 0 aliphatic rings. The minimum absolute atomic E-state index is 0.00344. The molecule has 0 aliphatic heterocycles. The normalized spacial score (nSPS) is 13.1. The Kier molecular flexibility index (Phi) is 6.01. The van der Waals surface area contributed by atoms with Gasteiger partial charge in [0.05, 0.1) is 12.1 Å². The number of rotatable bonds is 6. The van der Waals surface area contributed by atoms with Gasteiger partial charge in [-0.25, -0.2) is 0 Å². The summed E-state index contributed by atoms with van der Waals surface area (Å²) in [5.41, 5.74) is -0.536. The zero-order valence-electron chi connectivity index (χ0n) is 11.6. The van der Waals surface area contributed by atoms with Crippen molar-refractivity contribution in [2.45, 2.75) is 39.0 Å². The standard InChI is InChI=1S/C14H19F3N2O/c1-3-10(2)19-13(20)9-18-8-11-6-4-5-7-12(11)14(15,16)17/h4-7,10,18H,3,8-9H2,1-2H3,(H,19,20). The van der Waals surface area contributed by atoms with E-state index in [0.29, 0.717) is 0 Å². The molecule has 20 heavy (non-hydrogen) atoms. The SMILES string of the molecule is CCC(C)NC(=O)CNCc1ccccc1C(F)(F)F. The molecular weight excluding hydrogens is 269 g/mol. The molecule has 1 amide bonds. The first-order valence-electron chi connectivity index (χ1n) is 6.49. The first-order chi connectivity index (χ1) is 9.34. The van der Waals surface area contributed by atoms with Gasteiger partial charge < -0.3 is 10.6 Å². The van der Waals surface area contributed by atoms with E-state index in [2.05, 4.69) is 10.6 Å². The molecule has 1 aromatic rings. The van der Waals surface area contributed by atoms with E-state index in [9.17, 15) is 18.0 Å². The van der Waals surface area contributed by atoms with Crippen LogP contribution in [0.4, 0.5) is 13.2 Å². The summed E-state index contributed by atoms with van der Waals surface area (Å²) in [5, 5.41) is 5.47. The van der Waals surface area contributed by atoms with Crippen molar-refractivity contribution in [3.8, 4) is 0 Å². The van der Waals surface area contributed by atoms with Crippen LogP contribution in [0, 0.1) is 0 Å². The smallest absolute Gasteiger partial charge is 0.353 e. The van der Waals surface area contributed by atoms with E-state index in [4.69, 9.17) is 0 Å². The van der Waals surface area contributed by atoms with Gasteiger partial charge in [-0.1, -0.05) is 25.1 Å². The van der Waals surface area contributed by atoms with Crippen LogP contribution in [0.1, 0.15) is 31.4 Å². The van der Waals surface area contributed by atoms with E-state index >= 15 is 0 Å². The lowest BCUT2D eigenvalue weighted by atomic mass is 10.1. The van der Waals surface area contributed by atoms with Crippen LogP contribution in [0.2, 0.25) is 0 Å². The lowest BCUT2D eigenvalue weighted by Gasteiger charge is -2.14. The van der Waals surface area contributed by atoms with Crippen LogP contribution in [0.5, 0.6) is 0 Å². The van der Waals surface area contributed by atoms with Gasteiger partial charge in [0.15, 0.2) is 0 Å². The maximum absolute atomic E-state index is 12.7. The highest BCUT2D eigenvalue weighted by atomic mass is 19.4. The van der Waals surface area contributed by atoms with Crippen LogP contribution in [0.25, 0.3) is 0 Å². The largest absolute Gasteiger partial charge is 0.416 e. The highest BCUT2D eigenvalue weighted by molar-refractivity contribution is 5.78. The second-order valence-corrected chi connectivity index (χ2v) is 4.64. The Bertz CT molecular complexity index is 446. The number of benzene rings is 1. The quantitative estimate of drug-likeness (QED) is 0.845. The summed E-state index contributed by atoms with van der Waals surface area (Å²) >= 11 is 0. The zero-order chi connectivity index (χ0) is 15.2. The molecular formula is C14H19F3N2O. The molecule has 0 heterocycles. The molecule has 1 atom stereocenters. The fourth-order valence-electron chi connectivity index (χ4n) is 1.69. The third kappa shape index (κ3) is 5.21. The number of hydrogen-bond acceptors (Lipinski definition) is 2. The number of nitrogens with one attached hydrogen (secondary N) is 2. The Balaban J connectivity index is 2.53. The van der Waals surface area contributed by atoms with E-state index in [1.165, 1.54) is 12.1 Å². The summed E-state index contributed by atoms with van der Waals surface area (Å²) < 4.78 is 38.2. The minimum atomic E-state index is -4.38. The zero-order valence-corrected chi connectivity index (χ0v) is 11.6. The number of carbonyl (C=O) groups excluding carboxylic acids is 1. The number of alkyl halides is 3. The molecule has 0 saturated carbocycles. The molecule has 0 saturated heterocycles. The van der Waals surface area contributed by atoms with Gasteiger partial charge in [0, 0.05) is 12.6 Å². The maximum atomic E-state index is 12.7. The number of amides is 1. The van der Waals surface area contributed by atoms with Crippen molar-refractivity contribution in [3.05, 3.63) is 35.4 Å². The van der Waals surface area contributed by atoms with Gasteiger partial charge in [-0.15, -0.1) is 0 Å². The second kappa shape index (κ2) is 7.28. The molecule has 6 heteroatoms. The second-order valence-electron chi connectivity index (χ2n) is 4.64. The Morgan fingerprint density at radius 1 is 1.30 bits per heavy atom. The summed E-state index contributed by atoms with van der Waals surface area (Å²) in [6, 6.07) is 5.40. The predicted molar refractivity (Wildman–Crippen MR) is 71.0 cm³/mol. The molecule has 0 fully saturated rings. The van der Waals surface area contributed by atoms with Crippen molar-refractivity contribution in [2.75, 3.05) is 6.54 Å². The summed E-state index contributed by atoms with van der Waals surface area (Å²) in [4.78, 5) is 11.5. The minimum Gasteiger partial charge on any atom is -0.353 e. The summed E-state index contributed by atoms with van der Waals surface area (Å²) in [6.07, 6.45) is -3.57. The Hall–Kier alpha value is -1.56. The van der Waals surface area contributed by atoms with Crippen LogP contribution < -0.4 is 10.6 Å². The van der Waals surface area contributed by atoms with Crippen molar-refractivity contribution >= 4 is 5.91 Å². The van der Waals surface area contributed by atoms with E-state index in [-0.39, 0.29) is 30.6 Å². The number of halogens is 3. The van der Waals surface area contributed by atoms with Crippen molar-refractivity contribution in [2.24, 2.45) is 0 Å². The van der Waals surface area contributed by atoms with Gasteiger partial charge in [0.2, 0.25) is 5.91 Å². The fraction of sp³-hybridized carbons (Fsp3) is 0.500. The van der Waals surface area contributed by atoms with Crippen LogP contribution >= 0.6 is 0 Å². The highest BCUT2D eigenvalue weighted by Crippen LogP contribution is 2.31. The summed E-state index contributed by atoms with van der Waals surface area (Å²) in [7, 11) is 0. The van der Waals surface area contributed by atoms with Gasteiger partial charge in [-0.3, -0.25) is 4.79 Å². The Morgan fingerprint density at radius 3 is 2.55 bits per heavy atom. The first kappa shape index (κ1) is 16.5. The van der Waals surface area contributed by atoms with Gasteiger partial charge in [-0.2, -0.15) is 13.2 Å². The van der Waals surface area contributed by atoms with Crippen molar-refractivity contribution in [3.63, 3.8) is 0 Å². The molecule has 112 valence electrons. The van der Waals surface area contributed by atoms with E-state index in [1.54, 1.807) is 6.07 Å². The van der Waals surface area contributed by atoms with Gasteiger partial charge in [0.1, 0.15) is 0 Å². The van der Waals surface area contributed by atoms with Gasteiger partial charge in [-0.05, 0) is 25.0 Å². The molecule has 1 aromatic carbocycles. The van der Waals surface area contributed by atoms with Gasteiger partial charge in [0.25, 0.3) is 0 Å². The maximum Gasteiger partial charge on any atom is 0.416 e. The molecule has 0 radical (unpaired) electrons. The molecule has 1 unspecified atom stereocenters. The average molecular weight is 288 g/mol. The Morgan fingerprint density at radius 2 is 1.95 bits per heavy atom. The predicted octanol–water partition coefficient (Wildman–Crippen LogP) is 2.71. The van der Waals surface area contributed by atoms with Crippen molar-refractivity contribution < 1.29 is 18.0 Å². The molecule has 3 nitrogen and oxygen atoms in total. The molecule has 1 rings (SSSR count). The Labute approximate surface area is 116 Å². The molecule has 0 spiro atoms. The van der Waals surface area contributed by atoms with Gasteiger partial charge >= 0.3 is 6.18 Å². The molecule has 0 bridgehead atoms. The monoisotopic (exact) mass is 288 g/mol. The van der Waals surface area contributed by atoms with Crippen molar-refractivity contribution in [1.82, 2.24) is 10.6 Å². The van der Waals surface area contributed by atoms with Crippen LogP contribution in [0.3, 0.4) is 0 Å². The number of carbonyl (C=O) groups is 1. The average Bonchev–Trinajstić information content (AvgIpc) is 2.38. The lowest BCUT2D eigenvalue weighted by Crippen LogP contribution is -2.38. The molecule has 0 aromatic heterocycles. The number of hydrogen-bond donors (Lipinski definition) is 2. The van der Waals surface area contributed by atoms with Crippen LogP contribution in [0.15, 0.2) is 24.3 Å².